The molecule has 1 amide bonds. The molecule has 3 aromatic rings. The number of aromatic nitrogens is 4. The van der Waals surface area contributed by atoms with Gasteiger partial charge in [0.15, 0.2) is 0 Å². The van der Waals surface area contributed by atoms with Crippen molar-refractivity contribution in [1.29, 1.82) is 0 Å². The highest BCUT2D eigenvalue weighted by atomic mass is 32.2. The lowest BCUT2D eigenvalue weighted by atomic mass is 10.1. The molecule has 30 heavy (non-hydrogen) atoms. The standard InChI is InChI=1S/C21H21N5O3S/c1-2-7-26-14-20(13-25-26)30(28,29)19-4-3-18(23-12-19)11-24-21(27)16-8-15-5-6-22-10-17(15)9-16/h3-6,9-10,12-14H,2,7-8,11H2,1H3,(H,24,27). The van der Waals surface area contributed by atoms with Gasteiger partial charge in [0.2, 0.25) is 15.7 Å². The normalized spacial score (nSPS) is 13.0. The molecule has 0 saturated heterocycles. The SMILES string of the molecule is CCCn1cc(S(=O)(=O)c2ccc(CNC(=O)C3=Cc4cnccc4C3)nc2)cn1. The van der Waals surface area contributed by atoms with Crippen molar-refractivity contribution in [2.75, 3.05) is 0 Å². The molecule has 0 bridgehead atoms. The summed E-state index contributed by atoms with van der Waals surface area (Å²) < 4.78 is 27.1. The number of aryl methyl sites for hydroxylation is 1. The van der Waals surface area contributed by atoms with Crippen LogP contribution in [0, 0.1) is 0 Å². The highest BCUT2D eigenvalue weighted by Gasteiger charge is 2.21. The Morgan fingerprint density at radius 3 is 2.77 bits per heavy atom. The van der Waals surface area contributed by atoms with E-state index in [9.17, 15) is 13.2 Å². The molecule has 1 N–H and O–H groups in total. The van der Waals surface area contributed by atoms with E-state index in [0.29, 0.717) is 24.2 Å². The first-order valence-electron chi connectivity index (χ1n) is 9.61. The maximum atomic E-state index is 12.7. The third-order valence-corrected chi connectivity index (χ3v) is 6.55. The smallest absolute Gasteiger partial charge is 0.247 e. The van der Waals surface area contributed by atoms with Crippen LogP contribution in [-0.4, -0.2) is 34.1 Å². The van der Waals surface area contributed by atoms with Crippen LogP contribution in [-0.2, 0) is 34.1 Å². The van der Waals surface area contributed by atoms with E-state index in [-0.39, 0.29) is 22.2 Å². The number of pyridine rings is 2. The summed E-state index contributed by atoms with van der Waals surface area (Å²) in [5, 5.41) is 6.91. The van der Waals surface area contributed by atoms with Gasteiger partial charge in [-0.2, -0.15) is 5.10 Å². The Labute approximate surface area is 174 Å². The number of rotatable bonds is 7. The number of sulfone groups is 1. The van der Waals surface area contributed by atoms with Crippen molar-refractivity contribution in [3.8, 4) is 0 Å². The lowest BCUT2D eigenvalue weighted by Crippen LogP contribution is -2.25. The Bertz CT molecular complexity index is 1210. The van der Waals surface area contributed by atoms with Crippen LogP contribution in [0.1, 0.15) is 30.2 Å². The van der Waals surface area contributed by atoms with E-state index in [1.165, 1.54) is 24.7 Å². The van der Waals surface area contributed by atoms with Crippen LogP contribution < -0.4 is 5.32 Å². The van der Waals surface area contributed by atoms with Crippen LogP contribution >= 0.6 is 0 Å². The molecule has 154 valence electrons. The summed E-state index contributed by atoms with van der Waals surface area (Å²) in [5.41, 5.74) is 3.27. The largest absolute Gasteiger partial charge is 0.347 e. The fraction of sp³-hybridized carbons (Fsp3) is 0.238. The van der Waals surface area contributed by atoms with Gasteiger partial charge in [-0.05, 0) is 41.8 Å². The minimum atomic E-state index is -3.68. The summed E-state index contributed by atoms with van der Waals surface area (Å²) in [6.07, 6.45) is 10.9. The fourth-order valence-corrected chi connectivity index (χ4v) is 4.40. The molecule has 3 aromatic heterocycles. The van der Waals surface area contributed by atoms with Crippen LogP contribution in [0.2, 0.25) is 0 Å². The molecule has 0 atom stereocenters. The third-order valence-electron chi connectivity index (χ3n) is 4.86. The maximum absolute atomic E-state index is 12.7. The van der Waals surface area contributed by atoms with Gasteiger partial charge in [-0.25, -0.2) is 8.42 Å². The van der Waals surface area contributed by atoms with Crippen LogP contribution in [0.5, 0.6) is 0 Å². The first kappa shape index (κ1) is 20.0. The van der Waals surface area contributed by atoms with Gasteiger partial charge in [0.05, 0.1) is 23.3 Å². The minimum Gasteiger partial charge on any atom is -0.347 e. The Kier molecular flexibility index (Phi) is 5.45. The van der Waals surface area contributed by atoms with Gasteiger partial charge in [-0.1, -0.05) is 6.92 Å². The van der Waals surface area contributed by atoms with Crippen molar-refractivity contribution in [1.82, 2.24) is 25.1 Å². The van der Waals surface area contributed by atoms with Gasteiger partial charge in [-0.3, -0.25) is 19.4 Å². The molecule has 4 rings (SSSR count). The van der Waals surface area contributed by atoms with Crippen LogP contribution in [0.25, 0.3) is 6.08 Å². The summed E-state index contributed by atoms with van der Waals surface area (Å²) >= 11 is 0. The molecule has 0 fully saturated rings. The number of nitrogens with one attached hydrogen (secondary N) is 1. The molecule has 0 spiro atoms. The second-order valence-electron chi connectivity index (χ2n) is 7.03. The van der Waals surface area contributed by atoms with E-state index < -0.39 is 9.84 Å². The van der Waals surface area contributed by atoms with Crippen molar-refractivity contribution in [2.45, 2.75) is 42.6 Å². The second-order valence-corrected chi connectivity index (χ2v) is 8.98. The third kappa shape index (κ3) is 4.02. The van der Waals surface area contributed by atoms with Crippen molar-refractivity contribution in [3.63, 3.8) is 0 Å². The Hall–Kier alpha value is -3.33. The van der Waals surface area contributed by atoms with Crippen LogP contribution in [0.3, 0.4) is 0 Å². The van der Waals surface area contributed by atoms with Crippen molar-refractivity contribution >= 4 is 21.8 Å². The highest BCUT2D eigenvalue weighted by molar-refractivity contribution is 7.91. The summed E-state index contributed by atoms with van der Waals surface area (Å²) in [6.45, 7) is 2.86. The van der Waals surface area contributed by atoms with E-state index in [1.807, 2.05) is 19.1 Å². The first-order chi connectivity index (χ1) is 14.5. The molecular formula is C21H21N5O3S. The molecule has 0 aromatic carbocycles. The molecule has 0 aliphatic heterocycles. The fourth-order valence-electron chi connectivity index (χ4n) is 3.25. The lowest BCUT2D eigenvalue weighted by molar-refractivity contribution is -0.117. The quantitative estimate of drug-likeness (QED) is 0.624. The Morgan fingerprint density at radius 1 is 1.17 bits per heavy atom. The molecule has 0 saturated carbocycles. The van der Waals surface area contributed by atoms with Gasteiger partial charge in [0.1, 0.15) is 4.90 Å². The van der Waals surface area contributed by atoms with Crippen LogP contribution in [0.4, 0.5) is 0 Å². The van der Waals surface area contributed by atoms with E-state index in [4.69, 9.17) is 0 Å². The molecule has 3 heterocycles. The number of nitrogens with zero attached hydrogens (tertiary/aromatic N) is 4. The second kappa shape index (κ2) is 8.19. The zero-order valence-corrected chi connectivity index (χ0v) is 17.3. The number of hydrogen-bond donors (Lipinski definition) is 1. The van der Waals surface area contributed by atoms with E-state index in [0.717, 1.165) is 17.5 Å². The maximum Gasteiger partial charge on any atom is 0.247 e. The first-order valence-corrected chi connectivity index (χ1v) is 11.1. The van der Waals surface area contributed by atoms with Gasteiger partial charge >= 0.3 is 0 Å². The Balaban J connectivity index is 1.40. The predicted octanol–water partition coefficient (Wildman–Crippen LogP) is 2.17. The number of carbonyl (C=O) groups excluding carboxylic acids is 1. The summed E-state index contributed by atoms with van der Waals surface area (Å²) in [6, 6.07) is 5.00. The van der Waals surface area contributed by atoms with Gasteiger partial charge in [-0.15, -0.1) is 0 Å². The molecule has 1 aliphatic rings. The molecule has 0 radical (unpaired) electrons. The zero-order valence-electron chi connectivity index (χ0n) is 16.4. The monoisotopic (exact) mass is 423 g/mol. The van der Waals surface area contributed by atoms with Gasteiger partial charge < -0.3 is 5.32 Å². The van der Waals surface area contributed by atoms with Crippen molar-refractivity contribution < 1.29 is 13.2 Å². The number of hydrogen-bond acceptors (Lipinski definition) is 6. The van der Waals surface area contributed by atoms with E-state index in [1.54, 1.807) is 23.1 Å². The predicted molar refractivity (Wildman–Crippen MR) is 110 cm³/mol. The summed E-state index contributed by atoms with van der Waals surface area (Å²) in [4.78, 5) is 20.9. The Morgan fingerprint density at radius 2 is 2.03 bits per heavy atom. The molecule has 1 aliphatic carbocycles. The summed E-state index contributed by atoms with van der Waals surface area (Å²) in [7, 11) is -3.68. The molecule has 0 unspecified atom stereocenters. The van der Waals surface area contributed by atoms with E-state index >= 15 is 0 Å². The molecule has 9 heteroatoms. The van der Waals surface area contributed by atoms with Crippen molar-refractivity contribution in [2.24, 2.45) is 0 Å². The highest BCUT2D eigenvalue weighted by Crippen LogP contribution is 2.24. The number of amides is 1. The van der Waals surface area contributed by atoms with Gasteiger partial charge in [0.25, 0.3) is 0 Å². The van der Waals surface area contributed by atoms with Crippen molar-refractivity contribution in [3.05, 3.63) is 71.6 Å². The number of fused-ring (bicyclic) bond motifs is 1. The van der Waals surface area contributed by atoms with Crippen LogP contribution in [0.15, 0.2) is 64.5 Å². The topological polar surface area (TPSA) is 107 Å². The van der Waals surface area contributed by atoms with Gasteiger partial charge in [0, 0.05) is 43.3 Å². The molecule has 8 nitrogen and oxygen atoms in total. The van der Waals surface area contributed by atoms with E-state index in [2.05, 4.69) is 20.4 Å². The average molecular weight is 423 g/mol. The summed E-state index contributed by atoms with van der Waals surface area (Å²) in [5.74, 6) is -0.173. The zero-order chi connectivity index (χ0) is 21.1. The lowest BCUT2D eigenvalue weighted by Gasteiger charge is -2.07. The number of carbonyl (C=O) groups is 1. The molecular weight excluding hydrogens is 402 g/mol. The minimum absolute atomic E-state index is 0.0927. The average Bonchev–Trinajstić information content (AvgIpc) is 3.40.